The van der Waals surface area contributed by atoms with Crippen molar-refractivity contribution < 1.29 is 18.0 Å². The van der Waals surface area contributed by atoms with Crippen LogP contribution in [0.4, 0.5) is 5.13 Å². The summed E-state index contributed by atoms with van der Waals surface area (Å²) in [6.45, 7) is 3.96. The average molecular weight is 432 g/mol. The van der Waals surface area contributed by atoms with Crippen LogP contribution in [0.1, 0.15) is 32.1 Å². The van der Waals surface area contributed by atoms with Crippen molar-refractivity contribution in [3.63, 3.8) is 0 Å². The second-order valence-electron chi connectivity index (χ2n) is 6.46. The molecular weight excluding hydrogens is 410 g/mol. The lowest BCUT2D eigenvalue weighted by Crippen LogP contribution is -2.22. The molecule has 1 aromatic heterocycles. The number of hydrogen-bond donors (Lipinski definition) is 2. The standard InChI is InChI=1S/C20H21N3O4S2/c1-13-4-6-15(7-5-13)12-18-14(2)21-20(28-18)22-19(24)16-8-10-17(11-9-16)29(25,26)23-27-3/h4-11,23H,12H2,1-3H3,(H,21,22,24). The third-order valence-electron chi connectivity index (χ3n) is 4.22. The van der Waals surface area contributed by atoms with Crippen LogP contribution in [0.15, 0.2) is 53.4 Å². The molecule has 0 aliphatic carbocycles. The van der Waals surface area contributed by atoms with Crippen LogP contribution in [-0.2, 0) is 21.3 Å². The van der Waals surface area contributed by atoms with Crippen molar-refractivity contribution in [2.75, 3.05) is 12.4 Å². The zero-order valence-electron chi connectivity index (χ0n) is 16.2. The Morgan fingerprint density at radius 1 is 1.07 bits per heavy atom. The van der Waals surface area contributed by atoms with Crippen LogP contribution < -0.4 is 10.2 Å². The van der Waals surface area contributed by atoms with Gasteiger partial charge in [0.2, 0.25) is 0 Å². The van der Waals surface area contributed by atoms with Gasteiger partial charge in [-0.1, -0.05) is 34.7 Å². The third kappa shape index (κ3) is 5.27. The molecule has 0 atom stereocenters. The number of nitrogens with zero attached hydrogens (tertiary/aromatic N) is 1. The third-order valence-corrected chi connectivity index (χ3v) is 6.57. The Labute approximate surface area is 173 Å². The SMILES string of the molecule is CONS(=O)(=O)c1ccc(C(=O)Nc2nc(C)c(Cc3ccc(C)cc3)s2)cc1. The van der Waals surface area contributed by atoms with Crippen molar-refractivity contribution in [1.82, 2.24) is 9.87 Å². The van der Waals surface area contributed by atoms with E-state index in [4.69, 9.17) is 0 Å². The molecule has 9 heteroatoms. The predicted octanol–water partition coefficient (Wildman–Crippen LogP) is 3.44. The van der Waals surface area contributed by atoms with E-state index in [9.17, 15) is 13.2 Å². The van der Waals surface area contributed by atoms with Crippen LogP contribution in [0.3, 0.4) is 0 Å². The highest BCUT2D eigenvalue weighted by molar-refractivity contribution is 7.89. The number of hydrogen-bond acceptors (Lipinski definition) is 6. The molecule has 0 unspecified atom stereocenters. The second kappa shape index (κ2) is 8.83. The van der Waals surface area contributed by atoms with Gasteiger partial charge < -0.3 is 0 Å². The van der Waals surface area contributed by atoms with Crippen molar-refractivity contribution in [3.05, 3.63) is 75.8 Å². The molecular formula is C20H21N3O4S2. The van der Waals surface area contributed by atoms with Gasteiger partial charge in [-0.2, -0.15) is 0 Å². The molecule has 152 valence electrons. The molecule has 0 bridgehead atoms. The van der Waals surface area contributed by atoms with Crippen LogP contribution in [0, 0.1) is 13.8 Å². The first-order valence-corrected chi connectivity index (χ1v) is 11.1. The van der Waals surface area contributed by atoms with Gasteiger partial charge in [-0.05, 0) is 43.7 Å². The number of aromatic nitrogens is 1. The van der Waals surface area contributed by atoms with Gasteiger partial charge in [0, 0.05) is 16.9 Å². The van der Waals surface area contributed by atoms with Crippen molar-refractivity contribution >= 4 is 32.4 Å². The summed E-state index contributed by atoms with van der Waals surface area (Å²) in [7, 11) is -2.55. The topological polar surface area (TPSA) is 97.4 Å². The minimum Gasteiger partial charge on any atom is -0.298 e. The van der Waals surface area contributed by atoms with E-state index < -0.39 is 10.0 Å². The summed E-state index contributed by atoms with van der Waals surface area (Å²) in [5, 5.41) is 3.28. The fraction of sp³-hybridized carbons (Fsp3) is 0.200. The zero-order chi connectivity index (χ0) is 21.0. The molecule has 0 radical (unpaired) electrons. The van der Waals surface area contributed by atoms with Gasteiger partial charge in [0.05, 0.1) is 17.7 Å². The van der Waals surface area contributed by atoms with Crippen molar-refractivity contribution in [1.29, 1.82) is 0 Å². The van der Waals surface area contributed by atoms with Crippen LogP contribution in [0.2, 0.25) is 0 Å². The Morgan fingerprint density at radius 2 is 1.72 bits per heavy atom. The van der Waals surface area contributed by atoms with Gasteiger partial charge in [0.1, 0.15) is 0 Å². The summed E-state index contributed by atoms with van der Waals surface area (Å²) >= 11 is 1.43. The summed E-state index contributed by atoms with van der Waals surface area (Å²) in [6, 6.07) is 13.9. The summed E-state index contributed by atoms with van der Waals surface area (Å²) < 4.78 is 23.7. The molecule has 0 spiro atoms. The van der Waals surface area contributed by atoms with E-state index >= 15 is 0 Å². The Kier molecular flexibility index (Phi) is 6.43. The van der Waals surface area contributed by atoms with Crippen LogP contribution in [-0.4, -0.2) is 26.4 Å². The van der Waals surface area contributed by atoms with E-state index in [1.807, 2.05) is 18.7 Å². The fourth-order valence-corrected chi connectivity index (χ4v) is 4.45. The summed E-state index contributed by atoms with van der Waals surface area (Å²) in [5.74, 6) is -0.357. The predicted molar refractivity (Wildman–Crippen MR) is 113 cm³/mol. The molecule has 7 nitrogen and oxygen atoms in total. The lowest BCUT2D eigenvalue weighted by molar-refractivity contribution is 0.102. The quantitative estimate of drug-likeness (QED) is 0.559. The lowest BCUT2D eigenvalue weighted by atomic mass is 10.1. The molecule has 2 N–H and O–H groups in total. The highest BCUT2D eigenvalue weighted by Crippen LogP contribution is 2.26. The first kappa shape index (κ1) is 21.1. The number of aryl methyl sites for hydroxylation is 2. The Balaban J connectivity index is 1.70. The lowest BCUT2D eigenvalue weighted by Gasteiger charge is -2.05. The number of sulfonamides is 1. The minimum absolute atomic E-state index is 0.00128. The molecule has 0 saturated carbocycles. The Hall–Kier alpha value is -2.59. The first-order chi connectivity index (χ1) is 13.8. The normalized spacial score (nSPS) is 11.4. The average Bonchev–Trinajstić information content (AvgIpc) is 3.02. The molecule has 0 aliphatic rings. The van der Waals surface area contributed by atoms with E-state index in [0.717, 1.165) is 17.0 Å². The number of benzene rings is 2. The highest BCUT2D eigenvalue weighted by Gasteiger charge is 2.16. The fourth-order valence-electron chi connectivity index (χ4n) is 2.65. The summed E-state index contributed by atoms with van der Waals surface area (Å²) in [6.07, 6.45) is 0.749. The Bertz CT molecular complexity index is 1110. The van der Waals surface area contributed by atoms with Gasteiger partial charge in [-0.3, -0.25) is 14.9 Å². The van der Waals surface area contributed by atoms with Gasteiger partial charge in [-0.25, -0.2) is 13.4 Å². The van der Waals surface area contributed by atoms with Crippen molar-refractivity contribution in [2.24, 2.45) is 0 Å². The monoisotopic (exact) mass is 431 g/mol. The van der Waals surface area contributed by atoms with Crippen LogP contribution >= 0.6 is 11.3 Å². The van der Waals surface area contributed by atoms with Gasteiger partial charge in [0.25, 0.3) is 15.9 Å². The first-order valence-electron chi connectivity index (χ1n) is 8.76. The van der Waals surface area contributed by atoms with E-state index in [1.165, 1.54) is 53.8 Å². The molecule has 0 saturated heterocycles. The van der Waals surface area contributed by atoms with E-state index in [1.54, 1.807) is 0 Å². The maximum Gasteiger partial charge on any atom is 0.262 e. The van der Waals surface area contributed by atoms with Crippen molar-refractivity contribution in [2.45, 2.75) is 25.2 Å². The zero-order valence-corrected chi connectivity index (χ0v) is 17.9. The van der Waals surface area contributed by atoms with Crippen LogP contribution in [0.25, 0.3) is 0 Å². The molecule has 1 amide bonds. The van der Waals surface area contributed by atoms with Gasteiger partial charge in [0.15, 0.2) is 5.13 Å². The maximum absolute atomic E-state index is 12.5. The smallest absolute Gasteiger partial charge is 0.262 e. The van der Waals surface area contributed by atoms with E-state index in [-0.39, 0.29) is 10.8 Å². The largest absolute Gasteiger partial charge is 0.298 e. The molecule has 2 aromatic carbocycles. The molecule has 3 rings (SSSR count). The van der Waals surface area contributed by atoms with Gasteiger partial charge in [-0.15, -0.1) is 11.3 Å². The van der Waals surface area contributed by atoms with Crippen LogP contribution in [0.5, 0.6) is 0 Å². The number of amides is 1. The minimum atomic E-state index is -3.76. The van der Waals surface area contributed by atoms with Crippen molar-refractivity contribution in [3.8, 4) is 0 Å². The number of rotatable bonds is 7. The summed E-state index contributed by atoms with van der Waals surface area (Å²) in [5.41, 5.74) is 3.59. The highest BCUT2D eigenvalue weighted by atomic mass is 32.2. The molecule has 0 aliphatic heterocycles. The van der Waals surface area contributed by atoms with Gasteiger partial charge >= 0.3 is 0 Å². The second-order valence-corrected chi connectivity index (χ2v) is 9.19. The summed E-state index contributed by atoms with van der Waals surface area (Å²) in [4.78, 5) is 24.4. The van der Waals surface area contributed by atoms with E-state index in [2.05, 4.69) is 39.4 Å². The molecule has 0 fully saturated rings. The number of carbonyl (C=O) groups excluding carboxylic acids is 1. The number of thiazole rings is 1. The molecule has 29 heavy (non-hydrogen) atoms. The number of anilines is 1. The number of carbonyl (C=O) groups is 1. The van der Waals surface area contributed by atoms with E-state index in [0.29, 0.717) is 10.7 Å². The molecule has 1 heterocycles. The maximum atomic E-state index is 12.5. The molecule has 3 aromatic rings. The number of nitrogens with one attached hydrogen (secondary N) is 2. The Morgan fingerprint density at radius 3 is 2.34 bits per heavy atom.